The van der Waals surface area contributed by atoms with Crippen LogP contribution in [0.5, 0.6) is 0 Å². The smallest absolute Gasteiger partial charge is 0.250 e. The SMILES string of the molecule is C/C(=N/NC(=O)CSc1ccccc1F)c1ccc(N2CCCC2=O)cc1. The van der Waals surface area contributed by atoms with E-state index in [9.17, 15) is 14.0 Å². The minimum atomic E-state index is -0.341. The van der Waals surface area contributed by atoms with Crippen molar-refractivity contribution in [3.63, 3.8) is 0 Å². The predicted molar refractivity (Wildman–Crippen MR) is 106 cm³/mol. The molecule has 5 nitrogen and oxygen atoms in total. The summed E-state index contributed by atoms with van der Waals surface area (Å²) in [6.07, 6.45) is 1.48. The Morgan fingerprint density at radius 3 is 2.63 bits per heavy atom. The number of benzene rings is 2. The number of amides is 2. The van der Waals surface area contributed by atoms with Gasteiger partial charge in [0, 0.05) is 23.5 Å². The zero-order valence-corrected chi connectivity index (χ0v) is 15.8. The van der Waals surface area contributed by atoms with E-state index in [0.717, 1.165) is 36.0 Å². The Labute approximate surface area is 161 Å². The first-order valence-electron chi connectivity index (χ1n) is 8.66. The van der Waals surface area contributed by atoms with Crippen molar-refractivity contribution < 1.29 is 14.0 Å². The molecule has 0 saturated carbocycles. The lowest BCUT2D eigenvalue weighted by Crippen LogP contribution is -2.23. The molecule has 0 spiro atoms. The molecule has 1 aliphatic heterocycles. The van der Waals surface area contributed by atoms with E-state index in [-0.39, 0.29) is 23.4 Å². The molecule has 0 radical (unpaired) electrons. The van der Waals surface area contributed by atoms with Gasteiger partial charge in [-0.25, -0.2) is 9.82 Å². The van der Waals surface area contributed by atoms with E-state index in [1.807, 2.05) is 24.3 Å². The predicted octanol–water partition coefficient (Wildman–Crippen LogP) is 3.59. The maximum atomic E-state index is 13.5. The van der Waals surface area contributed by atoms with Crippen molar-refractivity contribution in [2.24, 2.45) is 5.10 Å². The second-order valence-corrected chi connectivity index (χ2v) is 7.16. The molecule has 3 rings (SSSR count). The molecular formula is C20H20FN3O2S. The molecule has 2 aromatic carbocycles. The molecule has 1 fully saturated rings. The Morgan fingerprint density at radius 1 is 1.22 bits per heavy atom. The van der Waals surface area contributed by atoms with Gasteiger partial charge in [-0.3, -0.25) is 9.59 Å². The number of anilines is 1. The molecule has 1 aliphatic rings. The molecule has 1 saturated heterocycles. The largest absolute Gasteiger partial charge is 0.312 e. The zero-order chi connectivity index (χ0) is 19.2. The van der Waals surface area contributed by atoms with Crippen molar-refractivity contribution >= 4 is 35.0 Å². The molecular weight excluding hydrogens is 365 g/mol. The first kappa shape index (κ1) is 19.1. The number of hydrogen-bond donors (Lipinski definition) is 1. The van der Waals surface area contributed by atoms with Gasteiger partial charge in [0.25, 0.3) is 0 Å². The lowest BCUT2D eigenvalue weighted by molar-refractivity contribution is -0.118. The van der Waals surface area contributed by atoms with Crippen LogP contribution in [0.3, 0.4) is 0 Å². The average molecular weight is 385 g/mol. The quantitative estimate of drug-likeness (QED) is 0.470. The van der Waals surface area contributed by atoms with Gasteiger partial charge in [-0.15, -0.1) is 11.8 Å². The van der Waals surface area contributed by atoms with Gasteiger partial charge in [0.2, 0.25) is 11.8 Å². The topological polar surface area (TPSA) is 61.8 Å². The first-order valence-corrected chi connectivity index (χ1v) is 9.64. The summed E-state index contributed by atoms with van der Waals surface area (Å²) in [5.74, 6) is -0.422. The highest BCUT2D eigenvalue weighted by atomic mass is 32.2. The lowest BCUT2D eigenvalue weighted by Gasteiger charge is -2.15. The fraction of sp³-hybridized carbons (Fsp3) is 0.250. The number of nitrogens with one attached hydrogen (secondary N) is 1. The number of hydrogen-bond acceptors (Lipinski definition) is 4. The summed E-state index contributed by atoms with van der Waals surface area (Å²) >= 11 is 1.13. The zero-order valence-electron chi connectivity index (χ0n) is 14.9. The fourth-order valence-electron chi connectivity index (χ4n) is 2.75. The van der Waals surface area contributed by atoms with E-state index >= 15 is 0 Å². The molecule has 0 unspecified atom stereocenters. The summed E-state index contributed by atoms with van der Waals surface area (Å²) in [6.45, 7) is 2.54. The second-order valence-electron chi connectivity index (χ2n) is 6.15. The number of rotatable bonds is 6. The molecule has 1 N–H and O–H groups in total. The van der Waals surface area contributed by atoms with E-state index in [1.54, 1.807) is 30.0 Å². The number of carbonyl (C=O) groups is 2. The molecule has 1 heterocycles. The van der Waals surface area contributed by atoms with Crippen LogP contribution < -0.4 is 10.3 Å². The van der Waals surface area contributed by atoms with Crippen LogP contribution in [0.1, 0.15) is 25.3 Å². The van der Waals surface area contributed by atoms with Crippen LogP contribution in [0.25, 0.3) is 0 Å². The molecule has 0 aromatic heterocycles. The highest BCUT2D eigenvalue weighted by Crippen LogP contribution is 2.22. The molecule has 140 valence electrons. The number of halogens is 1. The van der Waals surface area contributed by atoms with Gasteiger partial charge in [0.05, 0.1) is 11.5 Å². The Morgan fingerprint density at radius 2 is 1.96 bits per heavy atom. The van der Waals surface area contributed by atoms with Crippen LogP contribution >= 0.6 is 11.8 Å². The maximum absolute atomic E-state index is 13.5. The van der Waals surface area contributed by atoms with Gasteiger partial charge >= 0.3 is 0 Å². The van der Waals surface area contributed by atoms with Gasteiger partial charge in [-0.05, 0) is 43.2 Å². The van der Waals surface area contributed by atoms with E-state index in [0.29, 0.717) is 17.0 Å². The van der Waals surface area contributed by atoms with Gasteiger partial charge in [0.15, 0.2) is 0 Å². The van der Waals surface area contributed by atoms with Crippen LogP contribution in [0, 0.1) is 5.82 Å². The molecule has 2 amide bonds. The van der Waals surface area contributed by atoms with E-state index in [4.69, 9.17) is 0 Å². The van der Waals surface area contributed by atoms with Crippen LogP contribution in [0.2, 0.25) is 0 Å². The third kappa shape index (κ3) is 4.95. The average Bonchev–Trinajstić information content (AvgIpc) is 3.11. The highest BCUT2D eigenvalue weighted by molar-refractivity contribution is 8.00. The number of thioether (sulfide) groups is 1. The monoisotopic (exact) mass is 385 g/mol. The van der Waals surface area contributed by atoms with E-state index in [1.165, 1.54) is 6.07 Å². The van der Waals surface area contributed by atoms with Gasteiger partial charge < -0.3 is 4.90 Å². The number of carbonyl (C=O) groups excluding carboxylic acids is 2. The van der Waals surface area contributed by atoms with Gasteiger partial charge in [-0.2, -0.15) is 5.10 Å². The molecule has 2 aromatic rings. The molecule has 27 heavy (non-hydrogen) atoms. The lowest BCUT2D eigenvalue weighted by atomic mass is 10.1. The number of hydrazone groups is 1. The molecule has 0 aliphatic carbocycles. The van der Waals surface area contributed by atoms with Crippen LogP contribution in [-0.2, 0) is 9.59 Å². The van der Waals surface area contributed by atoms with Crippen molar-refractivity contribution in [2.75, 3.05) is 17.2 Å². The van der Waals surface area contributed by atoms with E-state index in [2.05, 4.69) is 10.5 Å². The Kier molecular flexibility index (Phi) is 6.24. The summed E-state index contributed by atoms with van der Waals surface area (Å²) in [4.78, 5) is 25.9. The minimum Gasteiger partial charge on any atom is -0.312 e. The summed E-state index contributed by atoms with van der Waals surface area (Å²) in [5, 5.41) is 4.10. The molecule has 0 atom stereocenters. The molecule has 7 heteroatoms. The first-order chi connectivity index (χ1) is 13.0. The Bertz CT molecular complexity index is 868. The van der Waals surface area contributed by atoms with Crippen LogP contribution in [0.4, 0.5) is 10.1 Å². The highest BCUT2D eigenvalue weighted by Gasteiger charge is 2.21. The van der Waals surface area contributed by atoms with E-state index < -0.39 is 0 Å². The summed E-state index contributed by atoms with van der Waals surface area (Å²) in [5.41, 5.74) is 4.87. The van der Waals surface area contributed by atoms with Crippen LogP contribution in [0.15, 0.2) is 58.5 Å². The Hall–Kier alpha value is -2.67. The molecule has 0 bridgehead atoms. The van der Waals surface area contributed by atoms with Gasteiger partial charge in [-0.1, -0.05) is 24.3 Å². The third-order valence-corrected chi connectivity index (χ3v) is 5.26. The Balaban J connectivity index is 1.54. The second kappa shape index (κ2) is 8.81. The van der Waals surface area contributed by atoms with Crippen molar-refractivity contribution in [1.82, 2.24) is 5.43 Å². The van der Waals surface area contributed by atoms with Crippen molar-refractivity contribution in [3.05, 3.63) is 59.9 Å². The summed E-state index contributed by atoms with van der Waals surface area (Å²) in [6, 6.07) is 13.8. The normalized spacial score (nSPS) is 14.5. The minimum absolute atomic E-state index is 0.0771. The summed E-state index contributed by atoms with van der Waals surface area (Å²) in [7, 11) is 0. The van der Waals surface area contributed by atoms with Gasteiger partial charge in [0.1, 0.15) is 5.82 Å². The van der Waals surface area contributed by atoms with Crippen molar-refractivity contribution in [2.45, 2.75) is 24.7 Å². The van der Waals surface area contributed by atoms with Crippen molar-refractivity contribution in [3.8, 4) is 0 Å². The number of nitrogens with zero attached hydrogens (tertiary/aromatic N) is 2. The summed E-state index contributed by atoms with van der Waals surface area (Å²) < 4.78 is 13.5. The fourth-order valence-corrected chi connectivity index (χ4v) is 3.48. The third-order valence-electron chi connectivity index (χ3n) is 4.21. The van der Waals surface area contributed by atoms with Crippen molar-refractivity contribution in [1.29, 1.82) is 0 Å². The standard InChI is InChI=1S/C20H20FN3O2S/c1-14(15-8-10-16(11-9-15)24-12-4-7-20(24)26)22-23-19(25)13-27-18-6-3-2-5-17(18)21/h2-3,5-6,8-11H,4,7,12-13H2,1H3,(H,23,25)/b22-14-. The maximum Gasteiger partial charge on any atom is 0.250 e. The van der Waals surface area contributed by atoms with Crippen LogP contribution in [-0.4, -0.2) is 29.8 Å².